The van der Waals surface area contributed by atoms with Gasteiger partial charge in [-0.1, -0.05) is 6.07 Å². The number of aliphatic hydroxyl groups excluding tert-OH is 1. The second kappa shape index (κ2) is 6.80. The Morgan fingerprint density at radius 1 is 1.40 bits per heavy atom. The van der Waals surface area contributed by atoms with Gasteiger partial charge in [-0.15, -0.1) is 22.7 Å². The molecule has 1 unspecified atom stereocenters. The maximum absolute atomic E-state index is 8.98. The molecule has 1 atom stereocenters. The molecule has 0 bridgehead atoms. The molecular formula is C15H20N2OS2. The van der Waals surface area contributed by atoms with Crippen molar-refractivity contribution in [1.82, 2.24) is 9.88 Å². The summed E-state index contributed by atoms with van der Waals surface area (Å²) in [4.78, 5) is 8.56. The molecule has 0 amide bonds. The van der Waals surface area contributed by atoms with E-state index in [1.54, 1.807) is 22.7 Å². The summed E-state index contributed by atoms with van der Waals surface area (Å²) in [7, 11) is 0. The van der Waals surface area contributed by atoms with Crippen LogP contribution < -0.4 is 0 Å². The van der Waals surface area contributed by atoms with E-state index in [9.17, 15) is 0 Å². The Morgan fingerprint density at radius 2 is 2.35 bits per heavy atom. The molecule has 0 saturated carbocycles. The molecule has 3 heterocycles. The van der Waals surface area contributed by atoms with Gasteiger partial charge in [0, 0.05) is 24.6 Å². The maximum Gasteiger partial charge on any atom is 0.133 e. The largest absolute Gasteiger partial charge is 0.396 e. The van der Waals surface area contributed by atoms with Crippen molar-refractivity contribution < 1.29 is 5.11 Å². The molecule has 0 aromatic carbocycles. The molecule has 20 heavy (non-hydrogen) atoms. The molecule has 1 aliphatic heterocycles. The van der Waals surface area contributed by atoms with Crippen molar-refractivity contribution in [3.8, 4) is 9.88 Å². The van der Waals surface area contributed by atoms with Crippen molar-refractivity contribution in [1.29, 1.82) is 0 Å². The van der Waals surface area contributed by atoms with E-state index in [0.717, 1.165) is 24.4 Å². The molecule has 3 nitrogen and oxygen atoms in total. The van der Waals surface area contributed by atoms with Crippen molar-refractivity contribution in [3.63, 3.8) is 0 Å². The average molecular weight is 308 g/mol. The Bertz CT molecular complexity index is 524. The summed E-state index contributed by atoms with van der Waals surface area (Å²) in [6, 6.07) is 4.84. The van der Waals surface area contributed by atoms with Gasteiger partial charge < -0.3 is 5.11 Å². The molecule has 1 saturated heterocycles. The van der Waals surface area contributed by atoms with E-state index < -0.39 is 0 Å². The third kappa shape index (κ3) is 3.28. The van der Waals surface area contributed by atoms with Crippen LogP contribution in [0.5, 0.6) is 0 Å². The van der Waals surface area contributed by atoms with E-state index in [2.05, 4.69) is 27.8 Å². The van der Waals surface area contributed by atoms with Gasteiger partial charge >= 0.3 is 0 Å². The van der Waals surface area contributed by atoms with Gasteiger partial charge in [-0.25, -0.2) is 4.98 Å². The molecular weight excluding hydrogens is 288 g/mol. The number of nitrogens with zero attached hydrogens (tertiary/aromatic N) is 2. The molecule has 2 aromatic heterocycles. The first-order valence-electron chi connectivity index (χ1n) is 7.20. The summed E-state index contributed by atoms with van der Waals surface area (Å²) in [6.07, 6.45) is 4.57. The van der Waals surface area contributed by atoms with Crippen LogP contribution in [0.1, 0.15) is 31.4 Å². The predicted octanol–water partition coefficient (Wildman–Crippen LogP) is 3.61. The summed E-state index contributed by atoms with van der Waals surface area (Å²) < 4.78 is 0. The van der Waals surface area contributed by atoms with Gasteiger partial charge in [0.1, 0.15) is 5.01 Å². The van der Waals surface area contributed by atoms with Crippen LogP contribution in [0.25, 0.3) is 9.88 Å². The van der Waals surface area contributed by atoms with Gasteiger partial charge in [-0.05, 0) is 43.7 Å². The molecule has 0 radical (unpaired) electrons. The normalized spacial score (nSPS) is 19.8. The zero-order valence-corrected chi connectivity index (χ0v) is 13.1. The number of aliphatic hydroxyl groups is 1. The predicted molar refractivity (Wildman–Crippen MR) is 85.2 cm³/mol. The minimum Gasteiger partial charge on any atom is -0.396 e. The van der Waals surface area contributed by atoms with Crippen molar-refractivity contribution >= 4 is 22.7 Å². The molecule has 2 aromatic rings. The van der Waals surface area contributed by atoms with Gasteiger partial charge in [0.25, 0.3) is 0 Å². The lowest BCUT2D eigenvalue weighted by Gasteiger charge is -2.23. The van der Waals surface area contributed by atoms with Crippen LogP contribution in [0.3, 0.4) is 0 Å². The highest BCUT2D eigenvalue weighted by Crippen LogP contribution is 2.29. The Balaban J connectivity index is 1.62. The van der Waals surface area contributed by atoms with Crippen LogP contribution in [-0.4, -0.2) is 34.2 Å². The summed E-state index contributed by atoms with van der Waals surface area (Å²) >= 11 is 3.49. The van der Waals surface area contributed by atoms with E-state index in [-0.39, 0.29) is 0 Å². The molecule has 1 N–H and O–H groups in total. The second-order valence-corrected chi connectivity index (χ2v) is 7.06. The number of thiazole rings is 1. The fourth-order valence-electron chi connectivity index (χ4n) is 2.86. The smallest absolute Gasteiger partial charge is 0.133 e. The molecule has 108 valence electrons. The van der Waals surface area contributed by atoms with Crippen molar-refractivity contribution in [2.24, 2.45) is 0 Å². The van der Waals surface area contributed by atoms with Gasteiger partial charge in [0.15, 0.2) is 0 Å². The monoisotopic (exact) mass is 308 g/mol. The standard InChI is InChI=1S/C15H20N2OS2/c18-8-2-5-13-4-1-7-17(13)10-12-11-20-15(16-12)14-6-3-9-19-14/h3,6,9,11,13,18H,1-2,4-5,7-8,10H2. The van der Waals surface area contributed by atoms with Crippen LogP contribution in [0.4, 0.5) is 0 Å². The van der Waals surface area contributed by atoms with E-state index in [1.807, 2.05) is 0 Å². The molecule has 1 aliphatic rings. The molecule has 5 heteroatoms. The quantitative estimate of drug-likeness (QED) is 0.885. The zero-order chi connectivity index (χ0) is 13.8. The third-order valence-electron chi connectivity index (χ3n) is 3.84. The van der Waals surface area contributed by atoms with Crippen LogP contribution in [0, 0.1) is 0 Å². The highest BCUT2D eigenvalue weighted by atomic mass is 32.1. The highest BCUT2D eigenvalue weighted by molar-refractivity contribution is 7.20. The maximum atomic E-state index is 8.98. The number of likely N-dealkylation sites (tertiary alicyclic amines) is 1. The van der Waals surface area contributed by atoms with Crippen molar-refractivity contribution in [2.75, 3.05) is 13.2 Å². The second-order valence-electron chi connectivity index (χ2n) is 5.25. The van der Waals surface area contributed by atoms with E-state index >= 15 is 0 Å². The minimum atomic E-state index is 0.309. The van der Waals surface area contributed by atoms with Crippen molar-refractivity contribution in [3.05, 3.63) is 28.6 Å². The number of rotatable bonds is 6. The summed E-state index contributed by atoms with van der Waals surface area (Å²) in [5.41, 5.74) is 1.19. The first-order valence-corrected chi connectivity index (χ1v) is 8.96. The van der Waals surface area contributed by atoms with Crippen molar-refractivity contribution in [2.45, 2.75) is 38.3 Å². The lowest BCUT2D eigenvalue weighted by molar-refractivity contribution is 0.209. The molecule has 0 spiro atoms. The molecule has 3 rings (SSSR count). The van der Waals surface area contributed by atoms with Gasteiger partial charge in [-0.3, -0.25) is 4.90 Å². The van der Waals surface area contributed by atoms with Crippen LogP contribution >= 0.6 is 22.7 Å². The van der Waals surface area contributed by atoms with E-state index in [4.69, 9.17) is 10.1 Å². The first-order chi connectivity index (χ1) is 9.86. The van der Waals surface area contributed by atoms with E-state index in [0.29, 0.717) is 12.6 Å². The summed E-state index contributed by atoms with van der Waals surface area (Å²) in [5.74, 6) is 0. The highest BCUT2D eigenvalue weighted by Gasteiger charge is 2.24. The SMILES string of the molecule is OCCCC1CCCN1Cc1csc(-c2cccs2)n1. The van der Waals surface area contributed by atoms with Crippen LogP contribution in [-0.2, 0) is 6.54 Å². The number of hydrogen-bond donors (Lipinski definition) is 1. The Labute approximate surface area is 127 Å². The molecule has 1 fully saturated rings. The number of aromatic nitrogens is 1. The van der Waals surface area contributed by atoms with Crippen LogP contribution in [0.15, 0.2) is 22.9 Å². The van der Waals surface area contributed by atoms with Gasteiger partial charge in [0.2, 0.25) is 0 Å². The van der Waals surface area contributed by atoms with Gasteiger partial charge in [-0.2, -0.15) is 0 Å². The fraction of sp³-hybridized carbons (Fsp3) is 0.533. The first kappa shape index (κ1) is 14.2. The number of hydrogen-bond acceptors (Lipinski definition) is 5. The van der Waals surface area contributed by atoms with Gasteiger partial charge in [0.05, 0.1) is 10.6 Å². The lowest BCUT2D eigenvalue weighted by atomic mass is 10.1. The zero-order valence-electron chi connectivity index (χ0n) is 11.5. The lowest BCUT2D eigenvalue weighted by Crippen LogP contribution is -2.29. The Morgan fingerprint density at radius 3 is 3.15 bits per heavy atom. The topological polar surface area (TPSA) is 36.4 Å². The van der Waals surface area contributed by atoms with Crippen LogP contribution in [0.2, 0.25) is 0 Å². The fourth-order valence-corrected chi connectivity index (χ4v) is 4.48. The Hall–Kier alpha value is -0.750. The average Bonchev–Trinajstić information content (AvgIpc) is 3.18. The number of thiophene rings is 1. The third-order valence-corrected chi connectivity index (χ3v) is 5.77. The Kier molecular flexibility index (Phi) is 4.83. The summed E-state index contributed by atoms with van der Waals surface area (Å²) in [6.45, 7) is 2.43. The minimum absolute atomic E-state index is 0.309. The summed E-state index contributed by atoms with van der Waals surface area (Å²) in [5, 5.41) is 14.4. The molecule has 0 aliphatic carbocycles. The van der Waals surface area contributed by atoms with E-state index in [1.165, 1.54) is 30.0 Å².